The summed E-state index contributed by atoms with van der Waals surface area (Å²) in [7, 11) is 1.34. The molecule has 0 aliphatic rings. The molecule has 0 bridgehead atoms. The van der Waals surface area contributed by atoms with Gasteiger partial charge in [0.1, 0.15) is 0 Å². The summed E-state index contributed by atoms with van der Waals surface area (Å²) in [6, 6.07) is 1.94. The molecule has 18 heavy (non-hydrogen) atoms. The first-order valence-electron chi connectivity index (χ1n) is 6.02. The summed E-state index contributed by atoms with van der Waals surface area (Å²) in [5.41, 5.74) is 1.24. The van der Waals surface area contributed by atoms with Crippen LogP contribution in [0.1, 0.15) is 39.9 Å². The van der Waals surface area contributed by atoms with E-state index in [1.165, 1.54) is 28.9 Å². The lowest BCUT2D eigenvalue weighted by molar-refractivity contribution is -0.140. The zero-order valence-electron chi connectivity index (χ0n) is 11.0. The lowest BCUT2D eigenvalue weighted by Gasteiger charge is -2.01. The molecule has 1 heterocycles. The highest BCUT2D eigenvalue weighted by atomic mass is 32.1. The molecule has 0 aliphatic heterocycles. The molecule has 0 radical (unpaired) electrons. The lowest BCUT2D eigenvalue weighted by atomic mass is 10.1. The molecule has 100 valence electrons. The third kappa shape index (κ3) is 4.14. The van der Waals surface area contributed by atoms with Crippen molar-refractivity contribution < 1.29 is 14.3 Å². The molecule has 0 aliphatic carbocycles. The van der Waals surface area contributed by atoms with Crippen molar-refractivity contribution in [3.05, 3.63) is 21.4 Å². The molecule has 1 amide bonds. The maximum atomic E-state index is 11.8. The molecule has 1 aromatic heterocycles. The number of hydrogen-bond donors (Lipinski definition) is 1. The molecule has 0 aromatic carbocycles. The van der Waals surface area contributed by atoms with Crippen molar-refractivity contribution in [2.24, 2.45) is 0 Å². The third-order valence-electron chi connectivity index (χ3n) is 2.61. The first-order chi connectivity index (χ1) is 8.58. The van der Waals surface area contributed by atoms with E-state index in [-0.39, 0.29) is 18.3 Å². The number of hydrogen-bond acceptors (Lipinski definition) is 4. The van der Waals surface area contributed by atoms with Gasteiger partial charge in [0.2, 0.25) is 0 Å². The average molecular weight is 269 g/mol. The topological polar surface area (TPSA) is 55.4 Å². The van der Waals surface area contributed by atoms with E-state index in [1.54, 1.807) is 0 Å². The smallest absolute Gasteiger partial charge is 0.307 e. The van der Waals surface area contributed by atoms with Crippen molar-refractivity contribution in [1.82, 2.24) is 5.32 Å². The minimum Gasteiger partial charge on any atom is -0.469 e. The van der Waals surface area contributed by atoms with E-state index in [2.05, 4.69) is 17.0 Å². The van der Waals surface area contributed by atoms with Gasteiger partial charge in [0.25, 0.3) is 5.91 Å². The van der Waals surface area contributed by atoms with E-state index in [9.17, 15) is 9.59 Å². The predicted molar refractivity (Wildman–Crippen MR) is 72.0 cm³/mol. The van der Waals surface area contributed by atoms with Crippen LogP contribution >= 0.6 is 11.3 Å². The molecule has 4 nitrogen and oxygen atoms in total. The quantitative estimate of drug-likeness (QED) is 0.806. The van der Waals surface area contributed by atoms with Gasteiger partial charge in [0.05, 0.1) is 18.4 Å². The molecular formula is C13H19NO3S. The Morgan fingerprint density at radius 1 is 1.44 bits per heavy atom. The second-order valence-electron chi connectivity index (χ2n) is 4.02. The molecule has 0 atom stereocenters. The van der Waals surface area contributed by atoms with Gasteiger partial charge in [-0.3, -0.25) is 9.59 Å². The number of rotatable bonds is 6. The Labute approximate surface area is 111 Å². The molecular weight excluding hydrogens is 250 g/mol. The van der Waals surface area contributed by atoms with Crippen LogP contribution < -0.4 is 5.32 Å². The molecule has 1 rings (SSSR count). The van der Waals surface area contributed by atoms with Gasteiger partial charge in [-0.05, 0) is 25.0 Å². The first-order valence-corrected chi connectivity index (χ1v) is 6.84. The number of amides is 1. The lowest BCUT2D eigenvalue weighted by Crippen LogP contribution is -2.25. The van der Waals surface area contributed by atoms with Crippen LogP contribution in [0.3, 0.4) is 0 Å². The molecule has 1 aromatic rings. The molecule has 0 saturated carbocycles. The molecule has 0 fully saturated rings. The fourth-order valence-corrected chi connectivity index (χ4v) is 2.60. The second-order valence-corrected chi connectivity index (χ2v) is 5.28. The monoisotopic (exact) mass is 269 g/mol. The Morgan fingerprint density at radius 3 is 2.78 bits per heavy atom. The maximum Gasteiger partial charge on any atom is 0.307 e. The number of carbonyl (C=O) groups is 2. The Balaban J connectivity index is 2.51. The van der Waals surface area contributed by atoms with Gasteiger partial charge < -0.3 is 10.1 Å². The van der Waals surface area contributed by atoms with E-state index in [4.69, 9.17) is 0 Å². The minimum absolute atomic E-state index is 0.116. The van der Waals surface area contributed by atoms with Crippen LogP contribution in [-0.2, 0) is 16.0 Å². The zero-order chi connectivity index (χ0) is 13.5. The molecule has 5 heteroatoms. The molecule has 1 N–H and O–H groups in total. The molecule has 0 unspecified atom stereocenters. The number of ether oxygens (including phenoxy) is 1. The van der Waals surface area contributed by atoms with Crippen LogP contribution in [0.15, 0.2) is 6.07 Å². The van der Waals surface area contributed by atoms with Gasteiger partial charge in [0.15, 0.2) is 0 Å². The highest BCUT2D eigenvalue weighted by Crippen LogP contribution is 2.22. The third-order valence-corrected chi connectivity index (χ3v) is 3.70. The minimum atomic E-state index is -0.315. The number of carbonyl (C=O) groups excluding carboxylic acids is 2. The van der Waals surface area contributed by atoms with Crippen molar-refractivity contribution in [2.45, 2.75) is 33.1 Å². The van der Waals surface area contributed by atoms with Gasteiger partial charge in [-0.25, -0.2) is 0 Å². The van der Waals surface area contributed by atoms with E-state index in [0.29, 0.717) is 11.4 Å². The Kier molecular flexibility index (Phi) is 5.85. The van der Waals surface area contributed by atoms with Crippen LogP contribution in [0.2, 0.25) is 0 Å². The van der Waals surface area contributed by atoms with Crippen LogP contribution in [0, 0.1) is 6.92 Å². The summed E-state index contributed by atoms with van der Waals surface area (Å²) in [5.74, 6) is -0.432. The fourth-order valence-electron chi connectivity index (χ4n) is 1.62. The first kappa shape index (κ1) is 14.7. The number of nitrogens with one attached hydrogen (secondary N) is 1. The number of esters is 1. The Morgan fingerprint density at radius 2 is 2.17 bits per heavy atom. The van der Waals surface area contributed by atoms with Crippen LogP contribution in [0.5, 0.6) is 0 Å². The van der Waals surface area contributed by atoms with Gasteiger partial charge in [-0.2, -0.15) is 0 Å². The highest BCUT2D eigenvalue weighted by Gasteiger charge is 2.12. The second kappa shape index (κ2) is 7.16. The summed E-state index contributed by atoms with van der Waals surface area (Å²) >= 11 is 1.50. The maximum absolute atomic E-state index is 11.8. The van der Waals surface area contributed by atoms with Crippen molar-refractivity contribution in [3.8, 4) is 0 Å². The molecule has 0 spiro atoms. The van der Waals surface area contributed by atoms with Gasteiger partial charge in [0, 0.05) is 11.4 Å². The van der Waals surface area contributed by atoms with E-state index in [1.807, 2.05) is 13.0 Å². The van der Waals surface area contributed by atoms with Crippen LogP contribution in [0.25, 0.3) is 0 Å². The van der Waals surface area contributed by atoms with Crippen LogP contribution in [0.4, 0.5) is 0 Å². The van der Waals surface area contributed by atoms with Gasteiger partial charge in [-0.15, -0.1) is 11.3 Å². The predicted octanol–water partition coefficient (Wildman–Crippen LogP) is 2.30. The van der Waals surface area contributed by atoms with Crippen molar-refractivity contribution in [3.63, 3.8) is 0 Å². The average Bonchev–Trinajstić information content (AvgIpc) is 2.71. The Bertz CT molecular complexity index is 426. The summed E-state index contributed by atoms with van der Waals surface area (Å²) in [4.78, 5) is 24.6. The Hall–Kier alpha value is -1.36. The van der Waals surface area contributed by atoms with E-state index in [0.717, 1.165) is 12.8 Å². The van der Waals surface area contributed by atoms with Gasteiger partial charge >= 0.3 is 5.97 Å². The SMILES string of the molecule is CCCc1cc(C(=O)NCCC(=O)OC)sc1C. The zero-order valence-corrected chi connectivity index (χ0v) is 11.9. The number of aryl methyl sites for hydroxylation is 2. The fraction of sp³-hybridized carbons (Fsp3) is 0.538. The largest absolute Gasteiger partial charge is 0.469 e. The standard InChI is InChI=1S/C13H19NO3S/c1-4-5-10-8-11(18-9(10)2)13(16)14-7-6-12(15)17-3/h8H,4-7H2,1-3H3,(H,14,16). The molecule has 0 saturated heterocycles. The number of methoxy groups -OCH3 is 1. The highest BCUT2D eigenvalue weighted by molar-refractivity contribution is 7.14. The van der Waals surface area contributed by atoms with Crippen LogP contribution in [-0.4, -0.2) is 25.5 Å². The van der Waals surface area contributed by atoms with Gasteiger partial charge in [-0.1, -0.05) is 13.3 Å². The van der Waals surface area contributed by atoms with E-state index < -0.39 is 0 Å². The van der Waals surface area contributed by atoms with Crippen molar-refractivity contribution >= 4 is 23.2 Å². The normalized spacial score (nSPS) is 10.2. The summed E-state index contributed by atoms with van der Waals surface area (Å²) in [6.07, 6.45) is 2.27. The van der Waals surface area contributed by atoms with Crippen molar-refractivity contribution in [1.29, 1.82) is 0 Å². The summed E-state index contributed by atoms with van der Waals surface area (Å²) < 4.78 is 4.51. The summed E-state index contributed by atoms with van der Waals surface area (Å²) in [5, 5.41) is 2.72. The van der Waals surface area contributed by atoms with E-state index >= 15 is 0 Å². The number of thiophene rings is 1. The van der Waals surface area contributed by atoms with Crippen molar-refractivity contribution in [2.75, 3.05) is 13.7 Å². The summed E-state index contributed by atoms with van der Waals surface area (Å²) in [6.45, 7) is 4.46.